The molecule has 0 bridgehead atoms. The standard InChI is InChI=1S/C10H14N2OS/c11-8-2-1-7(5-8)9(13)6-10-12-3-4-14-10/h3-4,7-8H,1-2,5-6,11H2. The van der Waals surface area contributed by atoms with Gasteiger partial charge in [-0.3, -0.25) is 4.79 Å². The van der Waals surface area contributed by atoms with Crippen molar-refractivity contribution < 1.29 is 4.79 Å². The molecule has 0 radical (unpaired) electrons. The van der Waals surface area contributed by atoms with Gasteiger partial charge in [-0.2, -0.15) is 0 Å². The van der Waals surface area contributed by atoms with E-state index < -0.39 is 0 Å². The van der Waals surface area contributed by atoms with E-state index in [9.17, 15) is 4.79 Å². The fraction of sp³-hybridized carbons (Fsp3) is 0.600. The van der Waals surface area contributed by atoms with Crippen LogP contribution in [-0.2, 0) is 11.2 Å². The molecule has 1 aromatic heterocycles. The molecular weight excluding hydrogens is 196 g/mol. The van der Waals surface area contributed by atoms with Crippen LogP contribution in [0.5, 0.6) is 0 Å². The molecule has 0 saturated heterocycles. The van der Waals surface area contributed by atoms with Crippen molar-refractivity contribution in [2.75, 3.05) is 0 Å². The van der Waals surface area contributed by atoms with E-state index in [1.165, 1.54) is 0 Å². The van der Waals surface area contributed by atoms with Gasteiger partial charge in [0.05, 0.1) is 11.4 Å². The van der Waals surface area contributed by atoms with Gasteiger partial charge in [0.1, 0.15) is 5.78 Å². The van der Waals surface area contributed by atoms with E-state index in [0.717, 1.165) is 24.3 Å². The Morgan fingerprint density at radius 1 is 1.64 bits per heavy atom. The fourth-order valence-electron chi connectivity index (χ4n) is 1.94. The number of ketones is 1. The highest BCUT2D eigenvalue weighted by molar-refractivity contribution is 7.09. The number of carbonyl (C=O) groups is 1. The second-order valence-corrected chi connectivity index (χ2v) is 4.82. The lowest BCUT2D eigenvalue weighted by atomic mass is 10.0. The minimum atomic E-state index is 0.189. The summed E-state index contributed by atoms with van der Waals surface area (Å²) in [6.07, 6.45) is 5.06. The van der Waals surface area contributed by atoms with Crippen LogP contribution < -0.4 is 5.73 Å². The lowest BCUT2D eigenvalue weighted by molar-refractivity contribution is -0.122. The summed E-state index contributed by atoms with van der Waals surface area (Å²) in [6.45, 7) is 0. The molecule has 2 unspecified atom stereocenters. The van der Waals surface area contributed by atoms with Crippen LogP contribution in [0.2, 0.25) is 0 Å². The molecule has 2 N–H and O–H groups in total. The summed E-state index contributed by atoms with van der Waals surface area (Å²) in [7, 11) is 0. The van der Waals surface area contributed by atoms with Gasteiger partial charge in [-0.1, -0.05) is 0 Å². The van der Waals surface area contributed by atoms with Crippen LogP contribution in [0.15, 0.2) is 11.6 Å². The topological polar surface area (TPSA) is 56.0 Å². The molecule has 1 aliphatic carbocycles. The molecule has 0 spiro atoms. The van der Waals surface area contributed by atoms with E-state index in [0.29, 0.717) is 12.2 Å². The molecule has 3 nitrogen and oxygen atoms in total. The van der Waals surface area contributed by atoms with Crippen LogP contribution in [0.1, 0.15) is 24.3 Å². The summed E-state index contributed by atoms with van der Waals surface area (Å²) in [5, 5.41) is 2.83. The maximum Gasteiger partial charge on any atom is 0.142 e. The quantitative estimate of drug-likeness (QED) is 0.820. The number of rotatable bonds is 3. The third kappa shape index (κ3) is 2.19. The van der Waals surface area contributed by atoms with Crippen molar-refractivity contribution in [2.45, 2.75) is 31.7 Å². The van der Waals surface area contributed by atoms with Crippen LogP contribution in [0.3, 0.4) is 0 Å². The van der Waals surface area contributed by atoms with Crippen LogP contribution in [0.25, 0.3) is 0 Å². The number of Topliss-reactive ketones (excluding diaryl/α,β-unsaturated/α-hetero) is 1. The first kappa shape index (κ1) is 9.80. The van der Waals surface area contributed by atoms with Crippen molar-refractivity contribution in [1.29, 1.82) is 0 Å². The van der Waals surface area contributed by atoms with Crippen molar-refractivity contribution in [3.05, 3.63) is 16.6 Å². The zero-order valence-electron chi connectivity index (χ0n) is 7.98. The Hall–Kier alpha value is -0.740. The first-order valence-electron chi connectivity index (χ1n) is 4.92. The third-order valence-electron chi connectivity index (χ3n) is 2.74. The van der Waals surface area contributed by atoms with Gasteiger partial charge in [-0.05, 0) is 19.3 Å². The molecule has 0 amide bonds. The Morgan fingerprint density at radius 2 is 2.50 bits per heavy atom. The van der Waals surface area contributed by atoms with Crippen molar-refractivity contribution in [3.63, 3.8) is 0 Å². The summed E-state index contributed by atoms with van der Waals surface area (Å²) >= 11 is 1.55. The number of hydrogen-bond acceptors (Lipinski definition) is 4. The van der Waals surface area contributed by atoms with Crippen LogP contribution in [0, 0.1) is 5.92 Å². The number of hydrogen-bond donors (Lipinski definition) is 1. The molecule has 1 heterocycles. The average Bonchev–Trinajstić information content (AvgIpc) is 2.75. The van der Waals surface area contributed by atoms with Gasteiger partial charge in [-0.15, -0.1) is 11.3 Å². The van der Waals surface area contributed by atoms with Crippen LogP contribution in [0.4, 0.5) is 0 Å². The summed E-state index contributed by atoms with van der Waals surface area (Å²) in [4.78, 5) is 15.9. The first-order valence-corrected chi connectivity index (χ1v) is 5.80. The highest BCUT2D eigenvalue weighted by Gasteiger charge is 2.27. The van der Waals surface area contributed by atoms with E-state index in [2.05, 4.69) is 4.98 Å². The lowest BCUT2D eigenvalue weighted by Gasteiger charge is -2.06. The van der Waals surface area contributed by atoms with E-state index in [1.54, 1.807) is 17.5 Å². The molecule has 2 rings (SSSR count). The van der Waals surface area contributed by atoms with Crippen LogP contribution in [-0.4, -0.2) is 16.8 Å². The predicted octanol–water partition coefficient (Wildman–Crippen LogP) is 1.38. The molecule has 0 aromatic carbocycles. The van der Waals surface area contributed by atoms with Crippen LogP contribution >= 0.6 is 11.3 Å². The number of carbonyl (C=O) groups excluding carboxylic acids is 1. The van der Waals surface area contributed by atoms with Crippen molar-refractivity contribution in [1.82, 2.24) is 4.98 Å². The minimum Gasteiger partial charge on any atom is -0.328 e. The highest BCUT2D eigenvalue weighted by atomic mass is 32.1. The molecule has 2 atom stereocenters. The van der Waals surface area contributed by atoms with Gasteiger partial charge >= 0.3 is 0 Å². The molecule has 1 saturated carbocycles. The Kier molecular flexibility index (Phi) is 2.93. The molecule has 4 heteroatoms. The number of nitrogens with zero attached hydrogens (tertiary/aromatic N) is 1. The Bertz CT molecular complexity index is 310. The monoisotopic (exact) mass is 210 g/mol. The highest BCUT2D eigenvalue weighted by Crippen LogP contribution is 2.26. The van der Waals surface area contributed by atoms with Gasteiger partial charge in [0, 0.05) is 23.5 Å². The molecule has 14 heavy (non-hydrogen) atoms. The largest absolute Gasteiger partial charge is 0.328 e. The minimum absolute atomic E-state index is 0.189. The van der Waals surface area contributed by atoms with E-state index in [-0.39, 0.29) is 12.0 Å². The number of nitrogens with two attached hydrogens (primary N) is 1. The van der Waals surface area contributed by atoms with Crippen molar-refractivity contribution >= 4 is 17.1 Å². The zero-order chi connectivity index (χ0) is 9.97. The van der Waals surface area contributed by atoms with Gasteiger partial charge in [0.2, 0.25) is 0 Å². The molecule has 1 aliphatic rings. The lowest BCUT2D eigenvalue weighted by Crippen LogP contribution is -2.19. The molecule has 1 fully saturated rings. The van der Waals surface area contributed by atoms with E-state index >= 15 is 0 Å². The van der Waals surface area contributed by atoms with Gasteiger partial charge in [0.25, 0.3) is 0 Å². The maximum absolute atomic E-state index is 11.8. The number of thiazole rings is 1. The Morgan fingerprint density at radius 3 is 3.07 bits per heavy atom. The smallest absolute Gasteiger partial charge is 0.142 e. The first-order chi connectivity index (χ1) is 6.75. The van der Waals surface area contributed by atoms with Gasteiger partial charge in [-0.25, -0.2) is 4.98 Å². The normalized spacial score (nSPS) is 26.6. The summed E-state index contributed by atoms with van der Waals surface area (Å²) < 4.78 is 0. The van der Waals surface area contributed by atoms with Crippen molar-refractivity contribution in [2.24, 2.45) is 11.7 Å². The van der Waals surface area contributed by atoms with Gasteiger partial charge < -0.3 is 5.73 Å². The summed E-state index contributed by atoms with van der Waals surface area (Å²) in [6, 6.07) is 0.236. The summed E-state index contributed by atoms with van der Waals surface area (Å²) in [5.41, 5.74) is 5.77. The van der Waals surface area contributed by atoms with E-state index in [4.69, 9.17) is 5.73 Å². The zero-order valence-corrected chi connectivity index (χ0v) is 8.80. The Labute approximate surface area is 87.3 Å². The summed E-state index contributed by atoms with van der Waals surface area (Å²) in [5.74, 6) is 0.502. The molecular formula is C10H14N2OS. The average molecular weight is 210 g/mol. The Balaban J connectivity index is 1.90. The second-order valence-electron chi connectivity index (χ2n) is 3.84. The predicted molar refractivity (Wildman–Crippen MR) is 56.1 cm³/mol. The fourth-order valence-corrected chi connectivity index (χ4v) is 2.57. The maximum atomic E-state index is 11.8. The van der Waals surface area contributed by atoms with E-state index in [1.807, 2.05) is 5.38 Å². The third-order valence-corrected chi connectivity index (χ3v) is 3.52. The number of aromatic nitrogens is 1. The molecule has 76 valence electrons. The molecule has 1 aromatic rings. The van der Waals surface area contributed by atoms with Gasteiger partial charge in [0.15, 0.2) is 0 Å². The van der Waals surface area contributed by atoms with Crippen molar-refractivity contribution in [3.8, 4) is 0 Å². The second kappa shape index (κ2) is 4.19. The SMILES string of the molecule is NC1CCC(C(=O)Cc2nccs2)C1. The molecule has 0 aliphatic heterocycles.